The Kier molecular flexibility index (Phi) is 5.02. The topological polar surface area (TPSA) is 59.0 Å². The molecule has 0 spiro atoms. The van der Waals surface area contributed by atoms with Crippen LogP contribution in [-0.4, -0.2) is 44.8 Å². The number of nitrogens with one attached hydrogen (secondary N) is 1. The van der Waals surface area contributed by atoms with E-state index >= 15 is 0 Å². The molecule has 136 valence electrons. The maximum Gasteiger partial charge on any atom is 0.118 e. The summed E-state index contributed by atoms with van der Waals surface area (Å²) in [6.45, 7) is 4.28. The lowest BCUT2D eigenvalue weighted by molar-refractivity contribution is 0.167. The number of imidazole rings is 1. The monoisotopic (exact) mass is 351 g/mol. The Morgan fingerprint density at radius 2 is 2.00 bits per heavy atom. The summed E-state index contributed by atoms with van der Waals surface area (Å²) in [5.74, 6) is 1.61. The number of methoxy groups -OCH3 is 1. The summed E-state index contributed by atoms with van der Waals surface area (Å²) in [5, 5.41) is 7.44. The first-order valence-electron chi connectivity index (χ1n) is 9.16. The predicted molar refractivity (Wildman–Crippen MR) is 101 cm³/mol. The first-order valence-corrected chi connectivity index (χ1v) is 9.16. The zero-order chi connectivity index (χ0) is 17.8. The smallest absolute Gasteiger partial charge is 0.118 e. The molecule has 6 nitrogen and oxygen atoms in total. The van der Waals surface area contributed by atoms with E-state index in [-0.39, 0.29) is 0 Å². The molecule has 1 aromatic carbocycles. The van der Waals surface area contributed by atoms with Crippen LogP contribution in [0.2, 0.25) is 0 Å². The molecular weight excluding hydrogens is 326 g/mol. The number of piperidine rings is 1. The SMILES string of the molecule is COc1ccc(-c2[nH]ncc2CN2CCC(Cn3ccnc3)CC2)cc1. The highest BCUT2D eigenvalue weighted by Crippen LogP contribution is 2.26. The Bertz CT molecular complexity index is 801. The number of rotatable bonds is 6. The normalized spacial score (nSPS) is 16.0. The molecule has 1 saturated heterocycles. The zero-order valence-corrected chi connectivity index (χ0v) is 15.1. The van der Waals surface area contributed by atoms with E-state index in [1.807, 2.05) is 30.9 Å². The van der Waals surface area contributed by atoms with Crippen LogP contribution >= 0.6 is 0 Å². The third-order valence-corrected chi connectivity index (χ3v) is 5.23. The highest BCUT2D eigenvalue weighted by Gasteiger charge is 2.21. The molecule has 0 unspecified atom stereocenters. The Balaban J connectivity index is 1.36. The van der Waals surface area contributed by atoms with Crippen molar-refractivity contribution in [2.24, 2.45) is 5.92 Å². The van der Waals surface area contributed by atoms with Gasteiger partial charge in [0.15, 0.2) is 0 Å². The molecule has 0 saturated carbocycles. The van der Waals surface area contributed by atoms with Crippen molar-refractivity contribution in [3.05, 3.63) is 54.7 Å². The van der Waals surface area contributed by atoms with Gasteiger partial charge in [0.2, 0.25) is 0 Å². The van der Waals surface area contributed by atoms with E-state index in [4.69, 9.17) is 4.74 Å². The van der Waals surface area contributed by atoms with Crippen molar-refractivity contribution in [3.63, 3.8) is 0 Å². The minimum Gasteiger partial charge on any atom is -0.497 e. The summed E-state index contributed by atoms with van der Waals surface area (Å²) >= 11 is 0. The third-order valence-electron chi connectivity index (χ3n) is 5.23. The molecule has 0 aliphatic carbocycles. The minimum atomic E-state index is 0.742. The molecule has 0 atom stereocenters. The molecule has 0 bridgehead atoms. The molecule has 1 N–H and O–H groups in total. The van der Waals surface area contributed by atoms with Crippen molar-refractivity contribution in [1.29, 1.82) is 0 Å². The molecular formula is C20H25N5O. The van der Waals surface area contributed by atoms with Crippen LogP contribution in [0, 0.1) is 5.92 Å². The number of ether oxygens (including phenoxy) is 1. The third kappa shape index (κ3) is 3.80. The summed E-state index contributed by atoms with van der Waals surface area (Å²) in [6, 6.07) is 8.13. The molecule has 1 aliphatic heterocycles. The van der Waals surface area contributed by atoms with Gasteiger partial charge in [-0.25, -0.2) is 4.98 Å². The second-order valence-electron chi connectivity index (χ2n) is 6.98. The van der Waals surface area contributed by atoms with E-state index in [2.05, 4.69) is 43.0 Å². The molecule has 26 heavy (non-hydrogen) atoms. The Labute approximate surface area is 153 Å². The number of H-pyrrole nitrogens is 1. The van der Waals surface area contributed by atoms with Crippen LogP contribution in [0.3, 0.4) is 0 Å². The zero-order valence-electron chi connectivity index (χ0n) is 15.1. The van der Waals surface area contributed by atoms with Crippen LogP contribution in [-0.2, 0) is 13.1 Å². The van der Waals surface area contributed by atoms with Crippen molar-refractivity contribution in [1.82, 2.24) is 24.6 Å². The molecule has 6 heteroatoms. The molecule has 0 amide bonds. The Morgan fingerprint density at radius 1 is 1.19 bits per heavy atom. The number of aromatic nitrogens is 4. The summed E-state index contributed by atoms with van der Waals surface area (Å²) in [5.41, 5.74) is 3.50. The van der Waals surface area contributed by atoms with E-state index < -0.39 is 0 Å². The van der Waals surface area contributed by atoms with Crippen molar-refractivity contribution in [2.75, 3.05) is 20.2 Å². The van der Waals surface area contributed by atoms with Gasteiger partial charge in [-0.1, -0.05) is 0 Å². The highest BCUT2D eigenvalue weighted by molar-refractivity contribution is 5.63. The average molecular weight is 351 g/mol. The van der Waals surface area contributed by atoms with Crippen molar-refractivity contribution in [3.8, 4) is 17.0 Å². The number of likely N-dealkylation sites (tertiary alicyclic amines) is 1. The fourth-order valence-electron chi connectivity index (χ4n) is 3.70. The molecule has 3 aromatic rings. The predicted octanol–water partition coefficient (Wildman–Crippen LogP) is 3.19. The summed E-state index contributed by atoms with van der Waals surface area (Å²) in [7, 11) is 1.69. The van der Waals surface area contributed by atoms with Crippen LogP contribution in [0.4, 0.5) is 0 Å². The molecule has 4 rings (SSSR count). The van der Waals surface area contributed by atoms with Crippen LogP contribution in [0.5, 0.6) is 5.75 Å². The van der Waals surface area contributed by atoms with Crippen LogP contribution in [0.1, 0.15) is 18.4 Å². The van der Waals surface area contributed by atoms with Gasteiger partial charge in [0.25, 0.3) is 0 Å². The van der Waals surface area contributed by atoms with Crippen molar-refractivity contribution >= 4 is 0 Å². The first kappa shape index (κ1) is 16.8. The molecule has 1 aliphatic rings. The van der Waals surface area contributed by atoms with Gasteiger partial charge in [-0.2, -0.15) is 5.10 Å². The van der Waals surface area contributed by atoms with Gasteiger partial charge in [0.05, 0.1) is 25.3 Å². The summed E-state index contributed by atoms with van der Waals surface area (Å²) in [4.78, 5) is 6.67. The number of hydrogen-bond donors (Lipinski definition) is 1. The number of benzene rings is 1. The molecule has 2 aromatic heterocycles. The molecule has 1 fully saturated rings. The maximum atomic E-state index is 5.25. The number of aromatic amines is 1. The number of hydrogen-bond acceptors (Lipinski definition) is 4. The van der Waals surface area contributed by atoms with E-state index in [1.165, 1.54) is 18.4 Å². The van der Waals surface area contributed by atoms with Gasteiger partial charge in [-0.15, -0.1) is 0 Å². The lowest BCUT2D eigenvalue weighted by Gasteiger charge is -2.32. The average Bonchev–Trinajstić information content (AvgIpc) is 3.35. The van der Waals surface area contributed by atoms with Gasteiger partial charge >= 0.3 is 0 Å². The lowest BCUT2D eigenvalue weighted by atomic mass is 9.96. The second-order valence-corrected chi connectivity index (χ2v) is 6.98. The molecule has 3 heterocycles. The fourth-order valence-corrected chi connectivity index (χ4v) is 3.70. The van der Waals surface area contributed by atoms with Gasteiger partial charge < -0.3 is 9.30 Å². The van der Waals surface area contributed by atoms with Crippen molar-refractivity contribution in [2.45, 2.75) is 25.9 Å². The van der Waals surface area contributed by atoms with Gasteiger partial charge in [0.1, 0.15) is 5.75 Å². The number of nitrogens with zero attached hydrogens (tertiary/aromatic N) is 4. The summed E-state index contributed by atoms with van der Waals surface area (Å²) in [6.07, 6.45) is 10.2. The standard InChI is InChI=1S/C20H25N5O/c1-26-19-4-2-17(3-5-19)20-18(12-22-23-20)14-24-9-6-16(7-10-24)13-25-11-8-21-15-25/h2-5,8,11-12,15-16H,6-7,9-10,13-14H2,1H3,(H,22,23). The Hall–Kier alpha value is -2.60. The Morgan fingerprint density at radius 3 is 2.69 bits per heavy atom. The second kappa shape index (κ2) is 7.74. The van der Waals surface area contributed by atoms with Crippen LogP contribution in [0.15, 0.2) is 49.2 Å². The van der Waals surface area contributed by atoms with E-state index in [1.54, 1.807) is 7.11 Å². The van der Waals surface area contributed by atoms with E-state index in [0.29, 0.717) is 0 Å². The van der Waals surface area contributed by atoms with Gasteiger partial charge in [0, 0.05) is 36.6 Å². The van der Waals surface area contributed by atoms with Crippen molar-refractivity contribution < 1.29 is 4.74 Å². The van der Waals surface area contributed by atoms with Gasteiger partial charge in [-0.3, -0.25) is 10.00 Å². The summed E-state index contributed by atoms with van der Waals surface area (Å²) < 4.78 is 7.44. The van der Waals surface area contributed by atoms with Gasteiger partial charge in [-0.05, 0) is 56.1 Å². The van der Waals surface area contributed by atoms with E-state index in [9.17, 15) is 0 Å². The molecule has 0 radical (unpaired) electrons. The van der Waals surface area contributed by atoms with Crippen LogP contribution < -0.4 is 4.74 Å². The maximum absolute atomic E-state index is 5.25. The quantitative estimate of drug-likeness (QED) is 0.741. The minimum absolute atomic E-state index is 0.742. The lowest BCUT2D eigenvalue weighted by Crippen LogP contribution is -2.34. The largest absolute Gasteiger partial charge is 0.497 e. The first-order chi connectivity index (χ1) is 12.8. The van der Waals surface area contributed by atoms with E-state index in [0.717, 1.165) is 49.1 Å². The fraction of sp³-hybridized carbons (Fsp3) is 0.400. The highest BCUT2D eigenvalue weighted by atomic mass is 16.5. The van der Waals surface area contributed by atoms with Crippen LogP contribution in [0.25, 0.3) is 11.3 Å².